The molecule has 0 aliphatic heterocycles. The molecule has 1 N–H and O–H groups in total. The zero-order valence-electron chi connectivity index (χ0n) is 15.4. The van der Waals surface area contributed by atoms with Crippen LogP contribution in [0.15, 0.2) is 59.4 Å². The maximum absolute atomic E-state index is 12.2. The lowest BCUT2D eigenvalue weighted by Crippen LogP contribution is -2.11. The van der Waals surface area contributed by atoms with Crippen molar-refractivity contribution in [2.45, 2.75) is 13.5 Å². The van der Waals surface area contributed by atoms with E-state index in [1.165, 1.54) is 0 Å². The average Bonchev–Trinajstić information content (AvgIpc) is 3.32. The molecule has 142 valence electrons. The van der Waals surface area contributed by atoms with E-state index in [1.54, 1.807) is 38.3 Å². The molecule has 0 fully saturated rings. The molecule has 8 nitrogen and oxygen atoms in total. The zero-order chi connectivity index (χ0) is 19.5. The van der Waals surface area contributed by atoms with E-state index in [-0.39, 0.29) is 12.4 Å². The van der Waals surface area contributed by atoms with Crippen LogP contribution in [0.5, 0.6) is 11.5 Å². The van der Waals surface area contributed by atoms with Crippen LogP contribution in [0.1, 0.15) is 21.9 Å². The summed E-state index contributed by atoms with van der Waals surface area (Å²) < 4.78 is 18.1. The van der Waals surface area contributed by atoms with E-state index in [0.29, 0.717) is 22.9 Å². The highest BCUT2D eigenvalue weighted by Gasteiger charge is 2.14. The van der Waals surface area contributed by atoms with Gasteiger partial charge in [-0.25, -0.2) is 4.98 Å². The number of fused-ring (bicyclic) bond motifs is 1. The van der Waals surface area contributed by atoms with E-state index in [0.717, 1.165) is 11.3 Å². The first-order valence-electron chi connectivity index (χ1n) is 8.60. The van der Waals surface area contributed by atoms with Gasteiger partial charge < -0.3 is 23.7 Å². The fraction of sp³-hybridized carbons (Fsp3) is 0.150. The van der Waals surface area contributed by atoms with Gasteiger partial charge >= 0.3 is 0 Å². The van der Waals surface area contributed by atoms with Crippen molar-refractivity contribution in [3.05, 3.63) is 72.0 Å². The number of hydrogen-bond donors (Lipinski definition) is 1. The van der Waals surface area contributed by atoms with Crippen LogP contribution < -0.4 is 14.8 Å². The molecule has 0 unspecified atom stereocenters. The highest BCUT2D eigenvalue weighted by atomic mass is 16.5. The smallest absolute Gasteiger partial charge is 0.294 e. The minimum Gasteiger partial charge on any atom is -0.493 e. The summed E-state index contributed by atoms with van der Waals surface area (Å²) in [6, 6.07) is 12.5. The number of nitrogens with one attached hydrogen (secondary N) is 1. The Balaban J connectivity index is 1.50. The molecule has 1 aromatic carbocycles. The molecule has 3 heterocycles. The lowest BCUT2D eigenvalue weighted by molar-refractivity contribution is 0.0988. The summed E-state index contributed by atoms with van der Waals surface area (Å²) >= 11 is 0. The number of aromatic nitrogens is 3. The Bertz CT molecular complexity index is 1100. The summed E-state index contributed by atoms with van der Waals surface area (Å²) in [4.78, 5) is 16.7. The molecular weight excluding hydrogens is 360 g/mol. The second kappa shape index (κ2) is 7.43. The number of ether oxygens (including phenoxy) is 2. The fourth-order valence-electron chi connectivity index (χ4n) is 2.74. The number of carbonyl (C=O) groups is 1. The molecule has 0 aliphatic rings. The normalized spacial score (nSPS) is 10.8. The average molecular weight is 378 g/mol. The lowest BCUT2D eigenvalue weighted by Gasteiger charge is -2.12. The third-order valence-electron chi connectivity index (χ3n) is 4.06. The molecule has 0 saturated carbocycles. The van der Waals surface area contributed by atoms with Crippen LogP contribution in [-0.4, -0.2) is 27.6 Å². The SMILES string of the molecule is COc1ccc(NC(=O)c2cc(C)no2)cc1OCc1cn2ccccc2n1. The van der Waals surface area contributed by atoms with Gasteiger partial charge in [0.1, 0.15) is 12.3 Å². The second-order valence-electron chi connectivity index (χ2n) is 6.14. The maximum Gasteiger partial charge on any atom is 0.294 e. The molecule has 0 saturated heterocycles. The maximum atomic E-state index is 12.2. The number of anilines is 1. The Kier molecular flexibility index (Phi) is 4.67. The standard InChI is InChI=1S/C20H18N4O4/c1-13-9-18(28-23-13)20(25)22-14-6-7-16(26-2)17(10-14)27-12-15-11-24-8-4-3-5-19(24)21-15/h3-11H,12H2,1-2H3,(H,22,25). The van der Waals surface area contributed by atoms with E-state index in [9.17, 15) is 4.79 Å². The van der Waals surface area contributed by atoms with Crippen molar-refractivity contribution in [1.29, 1.82) is 0 Å². The van der Waals surface area contributed by atoms with Crippen molar-refractivity contribution in [2.24, 2.45) is 0 Å². The first-order chi connectivity index (χ1) is 13.6. The van der Waals surface area contributed by atoms with Gasteiger partial charge in [0.25, 0.3) is 5.91 Å². The number of rotatable bonds is 6. The number of amides is 1. The molecular formula is C20H18N4O4. The predicted molar refractivity (Wildman–Crippen MR) is 102 cm³/mol. The Morgan fingerprint density at radius 3 is 2.86 bits per heavy atom. The second-order valence-corrected chi connectivity index (χ2v) is 6.14. The monoisotopic (exact) mass is 378 g/mol. The molecule has 0 spiro atoms. The molecule has 8 heteroatoms. The predicted octanol–water partition coefficient (Wildman–Crippen LogP) is 3.47. The molecule has 4 aromatic rings. The van der Waals surface area contributed by atoms with Crippen LogP contribution in [0.4, 0.5) is 5.69 Å². The molecule has 28 heavy (non-hydrogen) atoms. The number of aryl methyl sites for hydroxylation is 1. The van der Waals surface area contributed by atoms with E-state index in [2.05, 4.69) is 15.5 Å². The zero-order valence-corrected chi connectivity index (χ0v) is 15.4. The van der Waals surface area contributed by atoms with Crippen molar-refractivity contribution < 1.29 is 18.8 Å². The molecule has 0 aliphatic carbocycles. The molecule has 0 bridgehead atoms. The Morgan fingerprint density at radius 1 is 1.21 bits per heavy atom. The van der Waals surface area contributed by atoms with Gasteiger partial charge in [-0.05, 0) is 31.2 Å². The van der Waals surface area contributed by atoms with Crippen LogP contribution in [0, 0.1) is 6.92 Å². The van der Waals surface area contributed by atoms with Crippen LogP contribution in [0.25, 0.3) is 5.65 Å². The van der Waals surface area contributed by atoms with Gasteiger partial charge in [-0.2, -0.15) is 0 Å². The van der Waals surface area contributed by atoms with Gasteiger partial charge in [-0.3, -0.25) is 4.79 Å². The number of pyridine rings is 1. The van der Waals surface area contributed by atoms with E-state index >= 15 is 0 Å². The van der Waals surface area contributed by atoms with Crippen molar-refractivity contribution in [2.75, 3.05) is 12.4 Å². The van der Waals surface area contributed by atoms with Crippen LogP contribution >= 0.6 is 0 Å². The Morgan fingerprint density at radius 2 is 2.11 bits per heavy atom. The third-order valence-corrected chi connectivity index (χ3v) is 4.06. The largest absolute Gasteiger partial charge is 0.493 e. The molecule has 0 atom stereocenters. The minimum absolute atomic E-state index is 0.139. The fourth-order valence-corrected chi connectivity index (χ4v) is 2.74. The lowest BCUT2D eigenvalue weighted by atomic mass is 10.2. The summed E-state index contributed by atoms with van der Waals surface area (Å²) in [5.41, 5.74) is 2.80. The van der Waals surface area contributed by atoms with Crippen molar-refractivity contribution in [3.63, 3.8) is 0 Å². The van der Waals surface area contributed by atoms with Crippen LogP contribution in [-0.2, 0) is 6.61 Å². The number of nitrogens with zero attached hydrogens (tertiary/aromatic N) is 3. The van der Waals surface area contributed by atoms with Crippen molar-refractivity contribution in [3.8, 4) is 11.5 Å². The number of benzene rings is 1. The summed E-state index contributed by atoms with van der Waals surface area (Å²) in [5.74, 6) is 0.793. The number of methoxy groups -OCH3 is 1. The van der Waals surface area contributed by atoms with Crippen molar-refractivity contribution in [1.82, 2.24) is 14.5 Å². The van der Waals surface area contributed by atoms with Gasteiger partial charge in [-0.1, -0.05) is 11.2 Å². The number of carbonyl (C=O) groups excluding carboxylic acids is 1. The topological polar surface area (TPSA) is 90.9 Å². The van der Waals surface area contributed by atoms with Gasteiger partial charge in [0.05, 0.1) is 18.5 Å². The summed E-state index contributed by atoms with van der Waals surface area (Å²) in [6.07, 6.45) is 3.83. The van der Waals surface area contributed by atoms with Gasteiger partial charge in [0.2, 0.25) is 5.76 Å². The molecule has 1 amide bonds. The highest BCUT2D eigenvalue weighted by molar-refractivity contribution is 6.02. The van der Waals surface area contributed by atoms with Gasteiger partial charge in [0, 0.05) is 30.2 Å². The molecule has 4 rings (SSSR count). The summed E-state index contributed by atoms with van der Waals surface area (Å²) in [6.45, 7) is 2.01. The molecule has 3 aromatic heterocycles. The minimum atomic E-state index is -0.392. The summed E-state index contributed by atoms with van der Waals surface area (Å²) in [5, 5.41) is 6.47. The van der Waals surface area contributed by atoms with Gasteiger partial charge in [-0.15, -0.1) is 0 Å². The quantitative estimate of drug-likeness (QED) is 0.552. The first kappa shape index (κ1) is 17.6. The Labute approximate surface area is 160 Å². The summed E-state index contributed by atoms with van der Waals surface area (Å²) in [7, 11) is 1.56. The molecule has 0 radical (unpaired) electrons. The van der Waals surface area contributed by atoms with Crippen LogP contribution in [0.2, 0.25) is 0 Å². The highest BCUT2D eigenvalue weighted by Crippen LogP contribution is 2.31. The van der Waals surface area contributed by atoms with Crippen LogP contribution in [0.3, 0.4) is 0 Å². The Hall–Kier alpha value is -3.81. The number of hydrogen-bond acceptors (Lipinski definition) is 6. The third kappa shape index (κ3) is 3.66. The van der Waals surface area contributed by atoms with Crippen molar-refractivity contribution >= 4 is 17.2 Å². The number of imidazole rings is 1. The van der Waals surface area contributed by atoms with E-state index in [1.807, 2.05) is 35.0 Å². The van der Waals surface area contributed by atoms with E-state index in [4.69, 9.17) is 14.0 Å². The van der Waals surface area contributed by atoms with Gasteiger partial charge in [0.15, 0.2) is 11.5 Å². The first-order valence-corrected chi connectivity index (χ1v) is 8.60. The van der Waals surface area contributed by atoms with E-state index < -0.39 is 5.91 Å².